The lowest BCUT2D eigenvalue weighted by Crippen LogP contribution is -2.15. The summed E-state index contributed by atoms with van der Waals surface area (Å²) in [5.74, 6) is 0. The monoisotopic (exact) mass is 141 g/mol. The largest absolute Gasteiger partial charge is 0.376 e. The lowest BCUT2D eigenvalue weighted by atomic mass is 10.4. The van der Waals surface area contributed by atoms with E-state index in [0.29, 0.717) is 0 Å². The van der Waals surface area contributed by atoms with E-state index in [1.165, 1.54) is 31.6 Å². The van der Waals surface area contributed by atoms with Gasteiger partial charge in [-0.25, -0.2) is 0 Å². The van der Waals surface area contributed by atoms with Crippen LogP contribution in [0.25, 0.3) is 0 Å². The molecule has 1 aliphatic rings. The second kappa shape index (κ2) is 5.33. The molecule has 1 rings (SSSR count). The molecule has 1 heterocycles. The normalized spacial score (nSPS) is 16.1. The van der Waals surface area contributed by atoms with Crippen LogP contribution < -0.4 is 0 Å². The molecule has 0 N–H and O–H groups in total. The quantitative estimate of drug-likeness (QED) is 0.542. The van der Waals surface area contributed by atoms with Gasteiger partial charge in [0, 0.05) is 18.8 Å². The van der Waals surface area contributed by atoms with Crippen molar-refractivity contribution in [1.82, 2.24) is 4.90 Å². The Morgan fingerprint density at radius 2 is 1.60 bits per heavy atom. The fourth-order valence-electron chi connectivity index (χ4n) is 1.10. The van der Waals surface area contributed by atoms with E-state index in [1.807, 2.05) is 13.8 Å². The Balaban J connectivity index is 0.000000371. The van der Waals surface area contributed by atoms with Crippen LogP contribution in [0.3, 0.4) is 0 Å². The molecule has 0 aromatic carbocycles. The molecule has 0 radical (unpaired) electrons. The van der Waals surface area contributed by atoms with Crippen LogP contribution in [0.5, 0.6) is 0 Å². The first-order valence-electron chi connectivity index (χ1n) is 4.21. The number of likely N-dealkylation sites (tertiary alicyclic amines) is 1. The molecule has 10 heavy (non-hydrogen) atoms. The van der Waals surface area contributed by atoms with Crippen molar-refractivity contribution in [2.24, 2.45) is 0 Å². The minimum Gasteiger partial charge on any atom is -0.376 e. The predicted octanol–water partition coefficient (Wildman–Crippen LogP) is 2.64. The molecule has 1 heteroatoms. The molecule has 0 unspecified atom stereocenters. The van der Waals surface area contributed by atoms with E-state index in [2.05, 4.69) is 18.4 Å². The molecule has 0 aromatic heterocycles. The second-order valence-corrected chi connectivity index (χ2v) is 2.43. The highest BCUT2D eigenvalue weighted by atomic mass is 15.1. The van der Waals surface area contributed by atoms with Gasteiger partial charge < -0.3 is 4.90 Å². The number of hydrogen-bond acceptors (Lipinski definition) is 1. The van der Waals surface area contributed by atoms with E-state index in [-0.39, 0.29) is 0 Å². The number of allylic oxidation sites excluding steroid dienone is 1. The summed E-state index contributed by atoms with van der Waals surface area (Å²) in [4.78, 5) is 2.33. The van der Waals surface area contributed by atoms with Crippen LogP contribution in [0.1, 0.15) is 33.6 Å². The lowest BCUT2D eigenvalue weighted by molar-refractivity contribution is 0.430. The molecule has 0 atom stereocenters. The van der Waals surface area contributed by atoms with Gasteiger partial charge >= 0.3 is 0 Å². The van der Waals surface area contributed by atoms with Crippen LogP contribution in [-0.4, -0.2) is 18.0 Å². The highest BCUT2D eigenvalue weighted by Gasteiger charge is 2.08. The van der Waals surface area contributed by atoms with Crippen LogP contribution >= 0.6 is 0 Å². The smallest absolute Gasteiger partial charge is 0.0175 e. The first kappa shape index (κ1) is 9.54. The average molecular weight is 141 g/mol. The van der Waals surface area contributed by atoms with Gasteiger partial charge in [0.1, 0.15) is 0 Å². The van der Waals surface area contributed by atoms with Crippen molar-refractivity contribution in [1.29, 1.82) is 0 Å². The molecular formula is C9H19N. The zero-order chi connectivity index (χ0) is 7.98. The summed E-state index contributed by atoms with van der Waals surface area (Å²) in [5, 5.41) is 0. The third-order valence-corrected chi connectivity index (χ3v) is 1.65. The van der Waals surface area contributed by atoms with E-state index in [0.717, 1.165) is 0 Å². The van der Waals surface area contributed by atoms with Gasteiger partial charge in [-0.1, -0.05) is 20.4 Å². The maximum absolute atomic E-state index is 3.86. The molecule has 0 bridgehead atoms. The summed E-state index contributed by atoms with van der Waals surface area (Å²) < 4.78 is 0. The van der Waals surface area contributed by atoms with Crippen molar-refractivity contribution in [3.63, 3.8) is 0 Å². The molecule has 1 aliphatic heterocycles. The Bertz CT molecular complexity index is 90.9. The van der Waals surface area contributed by atoms with Crippen LogP contribution in [0.4, 0.5) is 0 Å². The maximum atomic E-state index is 3.86. The first-order chi connectivity index (χ1) is 4.80. The van der Waals surface area contributed by atoms with E-state index in [9.17, 15) is 0 Å². The molecule has 0 aromatic rings. The van der Waals surface area contributed by atoms with Crippen LogP contribution in [-0.2, 0) is 0 Å². The summed E-state index contributed by atoms with van der Waals surface area (Å²) in [7, 11) is 0. The summed E-state index contributed by atoms with van der Waals surface area (Å²) in [6, 6.07) is 0. The SMILES string of the molecule is C=C(C)N1CCCC1.CC. The fourth-order valence-corrected chi connectivity index (χ4v) is 1.10. The average Bonchev–Trinajstić information content (AvgIpc) is 2.42. The molecule has 0 aliphatic carbocycles. The van der Waals surface area contributed by atoms with Gasteiger partial charge in [-0.15, -0.1) is 0 Å². The van der Waals surface area contributed by atoms with Crippen LogP contribution in [0.2, 0.25) is 0 Å². The highest BCUT2D eigenvalue weighted by molar-refractivity contribution is 4.90. The van der Waals surface area contributed by atoms with Gasteiger partial charge in [0.25, 0.3) is 0 Å². The number of hydrogen-bond donors (Lipinski definition) is 0. The maximum Gasteiger partial charge on any atom is 0.0175 e. The molecule has 1 nitrogen and oxygen atoms in total. The third-order valence-electron chi connectivity index (χ3n) is 1.65. The van der Waals surface area contributed by atoms with Crippen molar-refractivity contribution in [3.05, 3.63) is 12.3 Å². The highest BCUT2D eigenvalue weighted by Crippen LogP contribution is 2.11. The van der Waals surface area contributed by atoms with Gasteiger partial charge in [0.2, 0.25) is 0 Å². The second-order valence-electron chi connectivity index (χ2n) is 2.43. The third kappa shape index (κ3) is 2.90. The Morgan fingerprint density at radius 1 is 1.20 bits per heavy atom. The van der Waals surface area contributed by atoms with Gasteiger partial charge in [0.05, 0.1) is 0 Å². The molecule has 1 saturated heterocycles. The Morgan fingerprint density at radius 3 is 1.80 bits per heavy atom. The molecular weight excluding hydrogens is 122 g/mol. The zero-order valence-corrected chi connectivity index (χ0v) is 7.48. The lowest BCUT2D eigenvalue weighted by Gasteiger charge is -2.15. The summed E-state index contributed by atoms with van der Waals surface area (Å²) >= 11 is 0. The standard InChI is InChI=1S/C7H13N.C2H6/c1-7(2)8-5-3-4-6-8;1-2/h1,3-6H2,2H3;1-2H3. The number of nitrogens with zero attached hydrogens (tertiary/aromatic N) is 1. The molecule has 0 saturated carbocycles. The van der Waals surface area contributed by atoms with Crippen LogP contribution in [0, 0.1) is 0 Å². The molecule has 1 fully saturated rings. The minimum absolute atomic E-state index is 1.22. The van der Waals surface area contributed by atoms with Gasteiger partial charge in [-0.2, -0.15) is 0 Å². The van der Waals surface area contributed by atoms with Gasteiger partial charge in [-0.05, 0) is 19.8 Å². The topological polar surface area (TPSA) is 3.24 Å². The van der Waals surface area contributed by atoms with Crippen molar-refractivity contribution >= 4 is 0 Å². The molecule has 0 amide bonds. The fraction of sp³-hybridized carbons (Fsp3) is 0.778. The van der Waals surface area contributed by atoms with E-state index >= 15 is 0 Å². The Labute approximate surface area is 64.7 Å². The van der Waals surface area contributed by atoms with E-state index in [1.54, 1.807) is 0 Å². The summed E-state index contributed by atoms with van der Waals surface area (Å²) in [6.07, 6.45) is 2.71. The first-order valence-corrected chi connectivity index (χ1v) is 4.21. The molecule has 60 valence electrons. The van der Waals surface area contributed by atoms with Crippen molar-refractivity contribution in [2.75, 3.05) is 13.1 Å². The van der Waals surface area contributed by atoms with E-state index < -0.39 is 0 Å². The zero-order valence-electron chi connectivity index (χ0n) is 7.48. The van der Waals surface area contributed by atoms with Crippen molar-refractivity contribution < 1.29 is 0 Å². The van der Waals surface area contributed by atoms with Gasteiger partial charge in [0.15, 0.2) is 0 Å². The minimum atomic E-state index is 1.22. The van der Waals surface area contributed by atoms with Crippen molar-refractivity contribution in [3.8, 4) is 0 Å². The Hall–Kier alpha value is -0.460. The summed E-state index contributed by atoms with van der Waals surface area (Å²) in [6.45, 7) is 12.4. The summed E-state index contributed by atoms with van der Waals surface area (Å²) in [5.41, 5.74) is 1.22. The van der Waals surface area contributed by atoms with Crippen LogP contribution in [0.15, 0.2) is 12.3 Å². The van der Waals surface area contributed by atoms with Gasteiger partial charge in [-0.3, -0.25) is 0 Å². The van der Waals surface area contributed by atoms with Crippen molar-refractivity contribution in [2.45, 2.75) is 33.6 Å². The predicted molar refractivity (Wildman–Crippen MR) is 47.0 cm³/mol. The molecule has 0 spiro atoms. The number of rotatable bonds is 1. The Kier molecular flexibility index (Phi) is 5.09. The van der Waals surface area contributed by atoms with E-state index in [4.69, 9.17) is 0 Å².